The molecule has 2 rings (SSSR count). The molecule has 1 aromatic heterocycles. The van der Waals surface area contributed by atoms with E-state index in [9.17, 15) is 0 Å². The van der Waals surface area contributed by atoms with Gasteiger partial charge >= 0.3 is 0 Å². The molecule has 0 unspecified atom stereocenters. The van der Waals surface area contributed by atoms with E-state index in [-0.39, 0.29) is 0 Å². The maximum Gasteiger partial charge on any atom is 0.0271 e. The van der Waals surface area contributed by atoms with E-state index in [1.165, 1.54) is 27.8 Å². The molecule has 0 bridgehead atoms. The van der Waals surface area contributed by atoms with Gasteiger partial charge in [-0.05, 0) is 60.7 Å². The summed E-state index contributed by atoms with van der Waals surface area (Å²) in [6, 6.07) is 8.63. The molecule has 2 aromatic rings. The SMILES string of the molecule is Cc1cc(C)c(CNCc2ccncc2)cc1C. The Morgan fingerprint density at radius 3 is 2.28 bits per heavy atom. The summed E-state index contributed by atoms with van der Waals surface area (Å²) >= 11 is 0. The predicted molar refractivity (Wildman–Crippen MR) is 75.4 cm³/mol. The zero-order chi connectivity index (χ0) is 13.0. The molecule has 0 aliphatic carbocycles. The Kier molecular flexibility index (Phi) is 4.11. The number of nitrogens with one attached hydrogen (secondary N) is 1. The van der Waals surface area contributed by atoms with E-state index < -0.39 is 0 Å². The van der Waals surface area contributed by atoms with Crippen LogP contribution in [0.25, 0.3) is 0 Å². The Balaban J connectivity index is 1.97. The van der Waals surface area contributed by atoms with Crippen LogP contribution in [0.4, 0.5) is 0 Å². The molecule has 0 aliphatic rings. The Morgan fingerprint density at radius 2 is 1.56 bits per heavy atom. The molecular weight excluding hydrogens is 220 g/mol. The van der Waals surface area contributed by atoms with Crippen LogP contribution in [-0.2, 0) is 13.1 Å². The van der Waals surface area contributed by atoms with Crippen molar-refractivity contribution >= 4 is 0 Å². The molecule has 2 nitrogen and oxygen atoms in total. The molecule has 1 aromatic carbocycles. The summed E-state index contributed by atoms with van der Waals surface area (Å²) in [5.41, 5.74) is 6.74. The number of benzene rings is 1. The van der Waals surface area contributed by atoms with Crippen molar-refractivity contribution in [1.82, 2.24) is 10.3 Å². The normalized spacial score (nSPS) is 10.6. The molecule has 18 heavy (non-hydrogen) atoms. The molecule has 1 heterocycles. The Bertz CT molecular complexity index is 518. The highest BCUT2D eigenvalue weighted by Gasteiger charge is 2.01. The lowest BCUT2D eigenvalue weighted by Gasteiger charge is -2.11. The van der Waals surface area contributed by atoms with Gasteiger partial charge in [-0.2, -0.15) is 0 Å². The predicted octanol–water partition coefficient (Wildman–Crippen LogP) is 3.30. The molecule has 0 fully saturated rings. The number of aryl methyl sites for hydroxylation is 3. The number of nitrogens with zero attached hydrogens (tertiary/aromatic N) is 1. The third-order valence-electron chi connectivity index (χ3n) is 3.35. The fourth-order valence-electron chi connectivity index (χ4n) is 2.05. The van der Waals surface area contributed by atoms with Crippen LogP contribution in [-0.4, -0.2) is 4.98 Å². The second kappa shape index (κ2) is 5.78. The molecule has 94 valence electrons. The van der Waals surface area contributed by atoms with Crippen LogP contribution in [0, 0.1) is 20.8 Å². The van der Waals surface area contributed by atoms with Gasteiger partial charge < -0.3 is 5.32 Å². The summed E-state index contributed by atoms with van der Waals surface area (Å²) in [7, 11) is 0. The summed E-state index contributed by atoms with van der Waals surface area (Å²) in [5.74, 6) is 0. The minimum Gasteiger partial charge on any atom is -0.309 e. The van der Waals surface area contributed by atoms with Crippen molar-refractivity contribution < 1.29 is 0 Å². The lowest BCUT2D eigenvalue weighted by molar-refractivity contribution is 0.689. The molecule has 0 atom stereocenters. The van der Waals surface area contributed by atoms with Crippen molar-refractivity contribution in [3.63, 3.8) is 0 Å². The third-order valence-corrected chi connectivity index (χ3v) is 3.35. The molecule has 0 amide bonds. The Labute approximate surface area is 109 Å². The summed E-state index contributed by atoms with van der Waals surface area (Å²) in [5, 5.41) is 3.48. The van der Waals surface area contributed by atoms with Crippen LogP contribution in [0.15, 0.2) is 36.7 Å². The molecule has 1 N–H and O–H groups in total. The molecule has 0 aliphatic heterocycles. The average Bonchev–Trinajstić information content (AvgIpc) is 2.37. The van der Waals surface area contributed by atoms with E-state index in [4.69, 9.17) is 0 Å². The lowest BCUT2D eigenvalue weighted by atomic mass is 10.0. The number of hydrogen-bond acceptors (Lipinski definition) is 2. The van der Waals surface area contributed by atoms with Gasteiger partial charge in [0.25, 0.3) is 0 Å². The lowest BCUT2D eigenvalue weighted by Crippen LogP contribution is -2.13. The van der Waals surface area contributed by atoms with Gasteiger partial charge in [0.15, 0.2) is 0 Å². The van der Waals surface area contributed by atoms with Crippen molar-refractivity contribution in [3.8, 4) is 0 Å². The number of aromatic nitrogens is 1. The highest BCUT2D eigenvalue weighted by atomic mass is 14.8. The average molecular weight is 240 g/mol. The first kappa shape index (κ1) is 12.8. The first-order valence-corrected chi connectivity index (χ1v) is 6.33. The highest BCUT2D eigenvalue weighted by Crippen LogP contribution is 2.15. The number of pyridine rings is 1. The van der Waals surface area contributed by atoms with E-state index >= 15 is 0 Å². The van der Waals surface area contributed by atoms with Crippen molar-refractivity contribution in [2.45, 2.75) is 33.9 Å². The summed E-state index contributed by atoms with van der Waals surface area (Å²) in [6.07, 6.45) is 3.66. The van der Waals surface area contributed by atoms with Gasteiger partial charge in [-0.15, -0.1) is 0 Å². The highest BCUT2D eigenvalue weighted by molar-refractivity contribution is 5.36. The summed E-state index contributed by atoms with van der Waals surface area (Å²) in [4.78, 5) is 4.02. The van der Waals surface area contributed by atoms with Gasteiger partial charge in [-0.1, -0.05) is 12.1 Å². The quantitative estimate of drug-likeness (QED) is 0.887. The molecule has 2 heteroatoms. The van der Waals surface area contributed by atoms with Gasteiger partial charge in [-0.3, -0.25) is 4.98 Å². The summed E-state index contributed by atoms with van der Waals surface area (Å²) < 4.78 is 0. The minimum atomic E-state index is 0.884. The second-order valence-electron chi connectivity index (χ2n) is 4.82. The smallest absolute Gasteiger partial charge is 0.0271 e. The van der Waals surface area contributed by atoms with Crippen LogP contribution in [0.3, 0.4) is 0 Å². The molecule has 0 radical (unpaired) electrons. The van der Waals surface area contributed by atoms with Gasteiger partial charge in [-0.25, -0.2) is 0 Å². The molecule has 0 spiro atoms. The molecular formula is C16H20N2. The minimum absolute atomic E-state index is 0.884. The van der Waals surface area contributed by atoms with Crippen LogP contribution < -0.4 is 5.32 Å². The van der Waals surface area contributed by atoms with Gasteiger partial charge in [0, 0.05) is 25.5 Å². The number of rotatable bonds is 4. The second-order valence-corrected chi connectivity index (χ2v) is 4.82. The van der Waals surface area contributed by atoms with Crippen LogP contribution in [0.1, 0.15) is 27.8 Å². The first-order valence-electron chi connectivity index (χ1n) is 6.33. The maximum absolute atomic E-state index is 4.02. The maximum atomic E-state index is 4.02. The zero-order valence-corrected chi connectivity index (χ0v) is 11.3. The van der Waals surface area contributed by atoms with Crippen molar-refractivity contribution in [3.05, 3.63) is 64.5 Å². The van der Waals surface area contributed by atoms with Crippen LogP contribution in [0.2, 0.25) is 0 Å². The third kappa shape index (κ3) is 3.17. The Morgan fingerprint density at radius 1 is 0.889 bits per heavy atom. The topological polar surface area (TPSA) is 24.9 Å². The van der Waals surface area contributed by atoms with E-state index in [1.54, 1.807) is 0 Å². The largest absolute Gasteiger partial charge is 0.309 e. The van der Waals surface area contributed by atoms with Crippen molar-refractivity contribution in [2.24, 2.45) is 0 Å². The van der Waals surface area contributed by atoms with Gasteiger partial charge in [0.05, 0.1) is 0 Å². The van der Waals surface area contributed by atoms with Crippen molar-refractivity contribution in [2.75, 3.05) is 0 Å². The van der Waals surface area contributed by atoms with Crippen LogP contribution in [0.5, 0.6) is 0 Å². The first-order chi connectivity index (χ1) is 8.66. The van der Waals surface area contributed by atoms with Gasteiger partial charge in [0.1, 0.15) is 0 Å². The van der Waals surface area contributed by atoms with E-state index in [1.807, 2.05) is 24.5 Å². The van der Waals surface area contributed by atoms with Crippen molar-refractivity contribution in [1.29, 1.82) is 0 Å². The zero-order valence-electron chi connectivity index (χ0n) is 11.3. The Hall–Kier alpha value is -1.67. The van der Waals surface area contributed by atoms with Crippen LogP contribution >= 0.6 is 0 Å². The van der Waals surface area contributed by atoms with E-state index in [0.717, 1.165) is 13.1 Å². The fourth-order valence-corrected chi connectivity index (χ4v) is 2.05. The monoisotopic (exact) mass is 240 g/mol. The molecule has 0 saturated carbocycles. The summed E-state index contributed by atoms with van der Waals surface area (Å²) in [6.45, 7) is 8.30. The van der Waals surface area contributed by atoms with E-state index in [2.05, 4.69) is 43.2 Å². The number of hydrogen-bond donors (Lipinski definition) is 1. The standard InChI is InChI=1S/C16H20N2/c1-12-8-14(3)16(9-13(12)2)11-18-10-15-4-6-17-7-5-15/h4-9,18H,10-11H2,1-3H3. The van der Waals surface area contributed by atoms with Gasteiger partial charge in [0.2, 0.25) is 0 Å². The van der Waals surface area contributed by atoms with E-state index in [0.29, 0.717) is 0 Å². The molecule has 0 saturated heterocycles. The fraction of sp³-hybridized carbons (Fsp3) is 0.312.